The molecule has 2 nitrogen and oxygen atoms in total. The van der Waals surface area contributed by atoms with Gasteiger partial charge in [-0.25, -0.2) is 4.98 Å². The molecule has 1 aromatic heterocycles. The van der Waals surface area contributed by atoms with Crippen molar-refractivity contribution in [3.05, 3.63) is 52.0 Å². The van der Waals surface area contributed by atoms with Crippen molar-refractivity contribution in [3.8, 4) is 0 Å². The van der Waals surface area contributed by atoms with E-state index in [1.807, 2.05) is 24.4 Å². The molecule has 0 aliphatic heterocycles. The van der Waals surface area contributed by atoms with Crippen LogP contribution in [-0.4, -0.2) is 10.8 Å². The van der Waals surface area contributed by atoms with E-state index in [0.717, 1.165) is 16.3 Å². The van der Waals surface area contributed by atoms with E-state index in [4.69, 9.17) is 0 Å². The van der Waals surface area contributed by atoms with Gasteiger partial charge in [0.05, 0.1) is 5.01 Å². The summed E-state index contributed by atoms with van der Waals surface area (Å²) in [6.45, 7) is 1.61. The van der Waals surface area contributed by atoms with Crippen molar-refractivity contribution in [2.75, 3.05) is 0 Å². The molecule has 2 aromatic rings. The molecule has 0 unspecified atom stereocenters. The number of thiazole rings is 1. The van der Waals surface area contributed by atoms with Crippen LogP contribution in [0.2, 0.25) is 0 Å². The van der Waals surface area contributed by atoms with Gasteiger partial charge in [-0.3, -0.25) is 4.79 Å². The molecule has 0 aliphatic rings. The fraction of sp³-hybridized carbons (Fsp3) is 0.231. The minimum atomic E-state index is 0.190. The molecule has 1 aromatic carbocycles. The van der Waals surface area contributed by atoms with Gasteiger partial charge in [0.15, 0.2) is 0 Å². The molecule has 0 radical (unpaired) electrons. The molecule has 0 N–H and O–H groups in total. The molecule has 0 spiro atoms. The fourth-order valence-corrected chi connectivity index (χ4v) is 2.56. The lowest BCUT2D eigenvalue weighted by molar-refractivity contribution is -0.116. The Morgan fingerprint density at radius 2 is 2.06 bits per heavy atom. The monoisotopic (exact) mass is 231 g/mol. The third-order valence-corrected chi connectivity index (χ3v) is 3.22. The molecule has 0 fully saturated rings. The van der Waals surface area contributed by atoms with Gasteiger partial charge in [0.2, 0.25) is 0 Å². The summed E-state index contributed by atoms with van der Waals surface area (Å²) in [5, 5.41) is 1.07. The molecule has 16 heavy (non-hydrogen) atoms. The van der Waals surface area contributed by atoms with Gasteiger partial charge in [0, 0.05) is 23.9 Å². The second-order valence-corrected chi connectivity index (χ2v) is 4.96. The Morgan fingerprint density at radius 1 is 1.31 bits per heavy atom. The molecule has 0 saturated heterocycles. The average Bonchev–Trinajstić information content (AvgIpc) is 2.66. The molecule has 1 heterocycles. The lowest BCUT2D eigenvalue weighted by Crippen LogP contribution is -1.92. The number of benzene rings is 1. The van der Waals surface area contributed by atoms with Crippen LogP contribution >= 0.6 is 11.3 Å². The SMILES string of the molecule is CC(=O)Cc1cnc(Cc2ccccc2)s1. The van der Waals surface area contributed by atoms with Crippen LogP contribution in [0.3, 0.4) is 0 Å². The number of hydrogen-bond donors (Lipinski definition) is 0. The predicted molar refractivity (Wildman–Crippen MR) is 65.7 cm³/mol. The maximum Gasteiger partial charge on any atom is 0.135 e. The second-order valence-electron chi connectivity index (χ2n) is 3.76. The lowest BCUT2D eigenvalue weighted by Gasteiger charge is -1.95. The summed E-state index contributed by atoms with van der Waals surface area (Å²) in [5.74, 6) is 0.190. The highest BCUT2D eigenvalue weighted by Crippen LogP contribution is 2.17. The van der Waals surface area contributed by atoms with E-state index in [-0.39, 0.29) is 5.78 Å². The van der Waals surface area contributed by atoms with Crippen LogP contribution in [-0.2, 0) is 17.6 Å². The molecule has 82 valence electrons. The van der Waals surface area contributed by atoms with E-state index in [9.17, 15) is 4.79 Å². The van der Waals surface area contributed by atoms with Crippen molar-refractivity contribution in [3.63, 3.8) is 0 Å². The minimum Gasteiger partial charge on any atom is -0.300 e. The van der Waals surface area contributed by atoms with Crippen LogP contribution in [0.25, 0.3) is 0 Å². The van der Waals surface area contributed by atoms with Crippen molar-refractivity contribution < 1.29 is 4.79 Å². The number of nitrogens with zero attached hydrogens (tertiary/aromatic N) is 1. The van der Waals surface area contributed by atoms with Crippen molar-refractivity contribution in [2.45, 2.75) is 19.8 Å². The summed E-state index contributed by atoms with van der Waals surface area (Å²) in [6.07, 6.45) is 3.17. The third-order valence-electron chi connectivity index (χ3n) is 2.22. The summed E-state index contributed by atoms with van der Waals surface area (Å²) >= 11 is 1.62. The van der Waals surface area contributed by atoms with E-state index in [1.54, 1.807) is 18.3 Å². The fourth-order valence-electron chi connectivity index (χ4n) is 1.53. The Labute approximate surface area is 99.0 Å². The number of rotatable bonds is 4. The largest absolute Gasteiger partial charge is 0.300 e. The topological polar surface area (TPSA) is 30.0 Å². The standard InChI is InChI=1S/C13H13NOS/c1-10(15)7-12-9-14-13(16-12)8-11-5-3-2-4-6-11/h2-6,9H,7-8H2,1H3. The summed E-state index contributed by atoms with van der Waals surface area (Å²) in [7, 11) is 0. The van der Waals surface area contributed by atoms with Gasteiger partial charge in [-0.2, -0.15) is 0 Å². The molecule has 0 amide bonds. The zero-order valence-corrected chi connectivity index (χ0v) is 9.96. The van der Waals surface area contributed by atoms with Gasteiger partial charge in [0.1, 0.15) is 5.78 Å². The molecular weight excluding hydrogens is 218 g/mol. The number of hydrogen-bond acceptors (Lipinski definition) is 3. The van der Waals surface area contributed by atoms with E-state index in [2.05, 4.69) is 17.1 Å². The van der Waals surface area contributed by atoms with E-state index >= 15 is 0 Å². The molecule has 0 aliphatic carbocycles. The number of ketones is 1. The zero-order chi connectivity index (χ0) is 11.4. The van der Waals surface area contributed by atoms with Gasteiger partial charge in [0.25, 0.3) is 0 Å². The normalized spacial score (nSPS) is 10.3. The summed E-state index contributed by atoms with van der Waals surface area (Å²) in [4.78, 5) is 16.3. The Bertz CT molecular complexity index is 476. The molecule has 0 saturated carbocycles. The van der Waals surface area contributed by atoms with Crippen molar-refractivity contribution in [2.24, 2.45) is 0 Å². The lowest BCUT2D eigenvalue weighted by atomic mass is 10.2. The molecule has 0 bridgehead atoms. The third kappa shape index (κ3) is 3.00. The second kappa shape index (κ2) is 5.03. The number of carbonyl (C=O) groups excluding carboxylic acids is 1. The van der Waals surface area contributed by atoms with Gasteiger partial charge in [-0.05, 0) is 12.5 Å². The Morgan fingerprint density at radius 3 is 2.75 bits per heavy atom. The van der Waals surface area contributed by atoms with Crippen LogP contribution in [0, 0.1) is 0 Å². The van der Waals surface area contributed by atoms with E-state index < -0.39 is 0 Å². The minimum absolute atomic E-state index is 0.190. The summed E-state index contributed by atoms with van der Waals surface area (Å²) in [5.41, 5.74) is 1.26. The van der Waals surface area contributed by atoms with E-state index in [1.165, 1.54) is 5.56 Å². The van der Waals surface area contributed by atoms with Gasteiger partial charge in [-0.15, -0.1) is 11.3 Å². The first-order valence-corrected chi connectivity index (χ1v) is 6.02. The first-order chi connectivity index (χ1) is 7.74. The van der Waals surface area contributed by atoms with Crippen LogP contribution in [0.15, 0.2) is 36.5 Å². The molecule has 0 atom stereocenters. The van der Waals surface area contributed by atoms with Crippen LogP contribution in [0.4, 0.5) is 0 Å². The van der Waals surface area contributed by atoms with Crippen molar-refractivity contribution >= 4 is 17.1 Å². The predicted octanol–water partition coefficient (Wildman–Crippen LogP) is 2.87. The average molecular weight is 231 g/mol. The number of aromatic nitrogens is 1. The van der Waals surface area contributed by atoms with Gasteiger partial charge in [-0.1, -0.05) is 30.3 Å². The Hall–Kier alpha value is -1.48. The quantitative estimate of drug-likeness (QED) is 0.810. The first-order valence-electron chi connectivity index (χ1n) is 5.21. The summed E-state index contributed by atoms with van der Waals surface area (Å²) < 4.78 is 0. The van der Waals surface area contributed by atoms with Crippen LogP contribution < -0.4 is 0 Å². The van der Waals surface area contributed by atoms with Gasteiger partial charge >= 0.3 is 0 Å². The van der Waals surface area contributed by atoms with Crippen molar-refractivity contribution in [1.82, 2.24) is 4.98 Å². The summed E-state index contributed by atoms with van der Waals surface area (Å²) in [6, 6.07) is 10.2. The van der Waals surface area contributed by atoms with Crippen LogP contribution in [0.5, 0.6) is 0 Å². The molecule has 3 heteroatoms. The first kappa shape index (κ1) is 11.0. The highest BCUT2D eigenvalue weighted by molar-refractivity contribution is 7.11. The molecular formula is C13H13NOS. The number of carbonyl (C=O) groups is 1. The highest BCUT2D eigenvalue weighted by atomic mass is 32.1. The Kier molecular flexibility index (Phi) is 3.47. The zero-order valence-electron chi connectivity index (χ0n) is 9.14. The molecule has 2 rings (SSSR count). The maximum atomic E-state index is 11.0. The highest BCUT2D eigenvalue weighted by Gasteiger charge is 2.04. The van der Waals surface area contributed by atoms with Gasteiger partial charge < -0.3 is 0 Å². The number of Topliss-reactive ketones (excluding diaryl/α,β-unsaturated/α-hetero) is 1. The smallest absolute Gasteiger partial charge is 0.135 e. The van der Waals surface area contributed by atoms with Crippen LogP contribution in [0.1, 0.15) is 22.4 Å². The Balaban J connectivity index is 2.06. The van der Waals surface area contributed by atoms with Crippen molar-refractivity contribution in [1.29, 1.82) is 0 Å². The maximum absolute atomic E-state index is 11.0. The van der Waals surface area contributed by atoms with E-state index in [0.29, 0.717) is 6.42 Å².